The van der Waals surface area contributed by atoms with E-state index in [1.54, 1.807) is 0 Å². The average Bonchev–Trinajstić information content (AvgIpc) is 2.88. The summed E-state index contributed by atoms with van der Waals surface area (Å²) < 4.78 is 0. The highest BCUT2D eigenvalue weighted by Crippen LogP contribution is 2.33. The molecule has 14 heavy (non-hydrogen) atoms. The maximum atomic E-state index is 11.3. The Morgan fingerprint density at radius 1 is 1.50 bits per heavy atom. The van der Waals surface area contributed by atoms with E-state index in [1.807, 2.05) is 0 Å². The molecule has 2 N–H and O–H groups in total. The third-order valence-corrected chi connectivity index (χ3v) is 2.58. The van der Waals surface area contributed by atoms with Crippen molar-refractivity contribution >= 4 is 6.03 Å². The normalized spacial score (nSPS) is 17.6. The molecule has 3 nitrogen and oxygen atoms in total. The van der Waals surface area contributed by atoms with Crippen LogP contribution in [0.5, 0.6) is 0 Å². The molecule has 3 heteroatoms. The highest BCUT2D eigenvalue weighted by Gasteiger charge is 2.23. The van der Waals surface area contributed by atoms with Gasteiger partial charge in [-0.05, 0) is 25.7 Å². The minimum absolute atomic E-state index is 0.00778. The lowest BCUT2D eigenvalue weighted by molar-refractivity contribution is 0.236. The number of urea groups is 1. The second-order valence-electron chi connectivity index (χ2n) is 4.33. The van der Waals surface area contributed by atoms with Crippen molar-refractivity contribution in [2.45, 2.75) is 52.0 Å². The van der Waals surface area contributed by atoms with Gasteiger partial charge in [-0.25, -0.2) is 4.79 Å². The van der Waals surface area contributed by atoms with E-state index in [0.29, 0.717) is 6.04 Å². The van der Waals surface area contributed by atoms with Crippen molar-refractivity contribution in [2.24, 2.45) is 5.92 Å². The van der Waals surface area contributed by atoms with Crippen molar-refractivity contribution in [3.8, 4) is 0 Å². The first-order valence-corrected chi connectivity index (χ1v) is 5.76. The predicted octanol–water partition coefficient (Wildman–Crippen LogP) is 2.27. The highest BCUT2D eigenvalue weighted by atomic mass is 16.2. The van der Waals surface area contributed by atoms with E-state index >= 15 is 0 Å². The van der Waals surface area contributed by atoms with Gasteiger partial charge in [-0.1, -0.05) is 26.2 Å². The van der Waals surface area contributed by atoms with Gasteiger partial charge in [0.1, 0.15) is 0 Å². The van der Waals surface area contributed by atoms with E-state index in [4.69, 9.17) is 0 Å². The van der Waals surface area contributed by atoms with Gasteiger partial charge in [-0.3, -0.25) is 0 Å². The van der Waals surface area contributed by atoms with E-state index in [0.717, 1.165) is 31.7 Å². The van der Waals surface area contributed by atoms with Crippen LogP contribution in [0.2, 0.25) is 0 Å². The second-order valence-corrected chi connectivity index (χ2v) is 4.33. The summed E-state index contributed by atoms with van der Waals surface area (Å²) in [6.07, 6.45) is 6.02. The van der Waals surface area contributed by atoms with E-state index in [9.17, 15) is 4.79 Å². The molecule has 0 aromatic carbocycles. The van der Waals surface area contributed by atoms with E-state index in [1.165, 1.54) is 12.8 Å². The number of hydrogen-bond donors (Lipinski definition) is 2. The van der Waals surface area contributed by atoms with E-state index in [-0.39, 0.29) is 6.03 Å². The van der Waals surface area contributed by atoms with Gasteiger partial charge in [0.05, 0.1) is 0 Å². The molecule has 0 radical (unpaired) electrons. The van der Waals surface area contributed by atoms with Gasteiger partial charge >= 0.3 is 6.03 Å². The fourth-order valence-corrected chi connectivity index (χ4v) is 1.57. The molecule has 1 unspecified atom stereocenters. The van der Waals surface area contributed by atoms with Gasteiger partial charge in [0.25, 0.3) is 0 Å². The zero-order chi connectivity index (χ0) is 10.4. The summed E-state index contributed by atoms with van der Waals surface area (Å²) in [5.74, 6) is 0.876. The van der Waals surface area contributed by atoms with Crippen LogP contribution in [0.4, 0.5) is 4.79 Å². The number of unbranched alkanes of at least 4 members (excludes halogenated alkanes) is 1. The SMILES string of the molecule is CCCCNC(=O)NC(C)CC1CC1. The first-order valence-electron chi connectivity index (χ1n) is 5.76. The van der Waals surface area contributed by atoms with Crippen LogP contribution in [-0.2, 0) is 0 Å². The maximum Gasteiger partial charge on any atom is 0.314 e. The number of hydrogen-bond acceptors (Lipinski definition) is 1. The van der Waals surface area contributed by atoms with Crippen molar-refractivity contribution in [3.63, 3.8) is 0 Å². The van der Waals surface area contributed by atoms with Crippen molar-refractivity contribution in [1.82, 2.24) is 10.6 Å². The minimum atomic E-state index is -0.00778. The molecule has 1 rings (SSSR count). The largest absolute Gasteiger partial charge is 0.338 e. The van der Waals surface area contributed by atoms with Crippen molar-refractivity contribution < 1.29 is 4.79 Å². The molecule has 0 aromatic rings. The van der Waals surface area contributed by atoms with Crippen LogP contribution in [0.25, 0.3) is 0 Å². The Balaban J connectivity index is 1.99. The molecular weight excluding hydrogens is 176 g/mol. The summed E-state index contributed by atoms with van der Waals surface area (Å²) >= 11 is 0. The standard InChI is InChI=1S/C11H22N2O/c1-3-4-7-12-11(14)13-9(2)8-10-5-6-10/h9-10H,3-8H2,1-2H3,(H2,12,13,14). The van der Waals surface area contributed by atoms with Gasteiger partial charge in [-0.2, -0.15) is 0 Å². The molecular formula is C11H22N2O. The predicted molar refractivity (Wildman–Crippen MR) is 58.2 cm³/mol. The van der Waals surface area contributed by atoms with Gasteiger partial charge in [0, 0.05) is 12.6 Å². The Labute approximate surface area is 86.6 Å². The van der Waals surface area contributed by atoms with Gasteiger partial charge in [0.2, 0.25) is 0 Å². The van der Waals surface area contributed by atoms with Crippen LogP contribution >= 0.6 is 0 Å². The lowest BCUT2D eigenvalue weighted by Gasteiger charge is -2.13. The van der Waals surface area contributed by atoms with Crippen LogP contribution in [0.15, 0.2) is 0 Å². The molecule has 1 saturated carbocycles. The Morgan fingerprint density at radius 3 is 2.79 bits per heavy atom. The topological polar surface area (TPSA) is 41.1 Å². The van der Waals surface area contributed by atoms with Gasteiger partial charge in [0.15, 0.2) is 0 Å². The molecule has 0 heterocycles. The van der Waals surface area contributed by atoms with E-state index < -0.39 is 0 Å². The Hall–Kier alpha value is -0.730. The highest BCUT2D eigenvalue weighted by molar-refractivity contribution is 5.74. The number of nitrogens with one attached hydrogen (secondary N) is 2. The third-order valence-electron chi connectivity index (χ3n) is 2.58. The first kappa shape index (κ1) is 11.3. The van der Waals surface area contributed by atoms with Gasteiger partial charge in [-0.15, -0.1) is 0 Å². The lowest BCUT2D eigenvalue weighted by Crippen LogP contribution is -2.41. The van der Waals surface area contributed by atoms with Crippen molar-refractivity contribution in [1.29, 1.82) is 0 Å². The molecule has 1 atom stereocenters. The van der Waals surface area contributed by atoms with Crippen LogP contribution in [0.1, 0.15) is 46.0 Å². The summed E-state index contributed by atoms with van der Waals surface area (Å²) in [6, 6.07) is 0.315. The van der Waals surface area contributed by atoms with Crippen LogP contribution in [-0.4, -0.2) is 18.6 Å². The molecule has 82 valence electrons. The smallest absolute Gasteiger partial charge is 0.314 e. The minimum Gasteiger partial charge on any atom is -0.338 e. The average molecular weight is 198 g/mol. The number of carbonyl (C=O) groups excluding carboxylic acids is 1. The zero-order valence-electron chi connectivity index (χ0n) is 9.31. The number of carbonyl (C=O) groups is 1. The summed E-state index contributed by atoms with van der Waals surface area (Å²) in [5, 5.41) is 5.82. The summed E-state index contributed by atoms with van der Waals surface area (Å²) in [7, 11) is 0. The van der Waals surface area contributed by atoms with Crippen LogP contribution in [0, 0.1) is 5.92 Å². The first-order chi connectivity index (χ1) is 6.72. The molecule has 1 fully saturated rings. The number of rotatable bonds is 6. The molecule has 0 spiro atoms. The van der Waals surface area contributed by atoms with Crippen molar-refractivity contribution in [3.05, 3.63) is 0 Å². The Kier molecular flexibility index (Phi) is 4.77. The molecule has 1 aliphatic carbocycles. The molecule has 0 aromatic heterocycles. The lowest BCUT2D eigenvalue weighted by atomic mass is 10.2. The Morgan fingerprint density at radius 2 is 2.21 bits per heavy atom. The molecule has 0 saturated heterocycles. The third kappa shape index (κ3) is 5.10. The van der Waals surface area contributed by atoms with E-state index in [2.05, 4.69) is 24.5 Å². The fraction of sp³-hybridized carbons (Fsp3) is 0.909. The Bertz CT molecular complexity index is 178. The van der Waals surface area contributed by atoms with Crippen LogP contribution < -0.4 is 10.6 Å². The second kappa shape index (κ2) is 5.89. The van der Waals surface area contributed by atoms with Crippen LogP contribution in [0.3, 0.4) is 0 Å². The summed E-state index contributed by atoms with van der Waals surface area (Å²) in [4.78, 5) is 11.3. The summed E-state index contributed by atoms with van der Waals surface area (Å²) in [6.45, 7) is 4.99. The monoisotopic (exact) mass is 198 g/mol. The summed E-state index contributed by atoms with van der Waals surface area (Å²) in [5.41, 5.74) is 0. The quantitative estimate of drug-likeness (QED) is 0.632. The molecule has 2 amide bonds. The fourth-order valence-electron chi connectivity index (χ4n) is 1.57. The molecule has 0 bridgehead atoms. The maximum absolute atomic E-state index is 11.3. The number of amides is 2. The molecule has 1 aliphatic rings. The van der Waals surface area contributed by atoms with Gasteiger partial charge < -0.3 is 10.6 Å². The zero-order valence-corrected chi connectivity index (χ0v) is 9.31. The molecule has 0 aliphatic heterocycles. The van der Waals surface area contributed by atoms with Crippen molar-refractivity contribution in [2.75, 3.05) is 6.54 Å².